The predicted octanol–water partition coefficient (Wildman–Crippen LogP) is 1.72. The molecule has 0 radical (unpaired) electrons. The summed E-state index contributed by atoms with van der Waals surface area (Å²) in [6.07, 6.45) is 0.642. The van der Waals surface area contributed by atoms with Gasteiger partial charge in [0.25, 0.3) is 0 Å². The van der Waals surface area contributed by atoms with Crippen LogP contribution in [-0.2, 0) is 16.0 Å². The SMILES string of the molecule is CC(C)(C)CN1C[C@H](NC(=O)Cc2ccc3c(c2)OCO3)CC1=O. The van der Waals surface area contributed by atoms with E-state index in [4.69, 9.17) is 9.47 Å². The first-order chi connectivity index (χ1) is 11.3. The molecule has 1 saturated heterocycles. The van der Waals surface area contributed by atoms with Gasteiger partial charge < -0.3 is 19.7 Å². The van der Waals surface area contributed by atoms with Crippen LogP contribution in [0.2, 0.25) is 0 Å². The zero-order valence-corrected chi connectivity index (χ0v) is 14.4. The molecule has 24 heavy (non-hydrogen) atoms. The maximum absolute atomic E-state index is 12.3. The highest BCUT2D eigenvalue weighted by Gasteiger charge is 2.32. The summed E-state index contributed by atoms with van der Waals surface area (Å²) in [4.78, 5) is 26.2. The fraction of sp³-hybridized carbons (Fsp3) is 0.556. The molecule has 130 valence electrons. The molecule has 0 spiro atoms. The molecule has 2 amide bonds. The summed E-state index contributed by atoms with van der Waals surface area (Å²) in [6, 6.07) is 5.39. The fourth-order valence-corrected chi connectivity index (χ4v) is 3.11. The highest BCUT2D eigenvalue weighted by Crippen LogP contribution is 2.32. The molecule has 3 rings (SSSR count). The molecule has 1 fully saturated rings. The minimum Gasteiger partial charge on any atom is -0.454 e. The number of likely N-dealkylation sites (tertiary alicyclic amines) is 1. The van der Waals surface area contributed by atoms with Gasteiger partial charge in [-0.3, -0.25) is 9.59 Å². The molecule has 1 aromatic carbocycles. The summed E-state index contributed by atoms with van der Waals surface area (Å²) in [6.45, 7) is 7.82. The van der Waals surface area contributed by atoms with Crippen LogP contribution in [0.5, 0.6) is 11.5 Å². The summed E-state index contributed by atoms with van der Waals surface area (Å²) in [5, 5.41) is 2.97. The number of rotatable bonds is 4. The van der Waals surface area contributed by atoms with Gasteiger partial charge in [-0.25, -0.2) is 0 Å². The Morgan fingerprint density at radius 3 is 2.79 bits per heavy atom. The van der Waals surface area contributed by atoms with Crippen LogP contribution >= 0.6 is 0 Å². The Bertz CT molecular complexity index is 651. The van der Waals surface area contributed by atoms with E-state index in [1.807, 2.05) is 23.1 Å². The van der Waals surface area contributed by atoms with Crippen molar-refractivity contribution in [1.29, 1.82) is 0 Å². The largest absolute Gasteiger partial charge is 0.454 e. The topological polar surface area (TPSA) is 67.9 Å². The molecule has 1 atom stereocenters. The number of carbonyl (C=O) groups is 2. The third-order valence-corrected chi connectivity index (χ3v) is 4.05. The van der Waals surface area contributed by atoms with E-state index in [-0.39, 0.29) is 36.5 Å². The van der Waals surface area contributed by atoms with Crippen LogP contribution in [0.25, 0.3) is 0 Å². The van der Waals surface area contributed by atoms with E-state index in [1.54, 1.807) is 0 Å². The number of benzene rings is 1. The smallest absolute Gasteiger partial charge is 0.231 e. The summed E-state index contributed by atoms with van der Waals surface area (Å²) >= 11 is 0. The van der Waals surface area contributed by atoms with Crippen LogP contribution in [0.4, 0.5) is 0 Å². The Hall–Kier alpha value is -2.24. The van der Waals surface area contributed by atoms with Crippen LogP contribution < -0.4 is 14.8 Å². The van der Waals surface area contributed by atoms with Gasteiger partial charge in [-0.2, -0.15) is 0 Å². The molecule has 2 aliphatic rings. The van der Waals surface area contributed by atoms with Crippen molar-refractivity contribution < 1.29 is 19.1 Å². The maximum atomic E-state index is 12.3. The molecule has 2 aliphatic heterocycles. The van der Waals surface area contributed by atoms with E-state index in [1.165, 1.54) is 0 Å². The number of nitrogens with one attached hydrogen (secondary N) is 1. The summed E-state index contributed by atoms with van der Waals surface area (Å²) in [7, 11) is 0. The lowest BCUT2D eigenvalue weighted by Gasteiger charge is -2.26. The van der Waals surface area contributed by atoms with Crippen molar-refractivity contribution >= 4 is 11.8 Å². The second-order valence-corrected chi connectivity index (χ2v) is 7.67. The third kappa shape index (κ3) is 3.99. The Balaban J connectivity index is 1.53. The van der Waals surface area contributed by atoms with Gasteiger partial charge >= 0.3 is 0 Å². The standard InChI is InChI=1S/C18H24N2O4/c1-18(2,3)10-20-9-13(8-17(20)22)19-16(21)7-12-4-5-14-15(6-12)24-11-23-14/h4-6,13H,7-11H2,1-3H3,(H,19,21)/t13-/m1/s1. The van der Waals surface area contributed by atoms with Crippen LogP contribution in [0, 0.1) is 5.41 Å². The molecule has 6 heteroatoms. The molecule has 0 bridgehead atoms. The van der Waals surface area contributed by atoms with Crippen LogP contribution in [0.15, 0.2) is 18.2 Å². The van der Waals surface area contributed by atoms with E-state index in [0.29, 0.717) is 31.0 Å². The minimum atomic E-state index is -0.110. The minimum absolute atomic E-state index is 0.0566. The van der Waals surface area contributed by atoms with Crippen molar-refractivity contribution in [3.63, 3.8) is 0 Å². The molecule has 1 aromatic rings. The molecule has 6 nitrogen and oxygen atoms in total. The summed E-state index contributed by atoms with van der Waals surface area (Å²) in [5.74, 6) is 1.41. The lowest BCUT2D eigenvalue weighted by Crippen LogP contribution is -2.39. The Labute approximate surface area is 142 Å². The van der Waals surface area contributed by atoms with Gasteiger partial charge in [-0.05, 0) is 23.1 Å². The number of hydrogen-bond acceptors (Lipinski definition) is 4. The molecule has 1 N–H and O–H groups in total. The zero-order chi connectivity index (χ0) is 17.3. The molecular formula is C18H24N2O4. The van der Waals surface area contributed by atoms with Gasteiger partial charge in [-0.15, -0.1) is 0 Å². The molecule has 0 aliphatic carbocycles. The first-order valence-electron chi connectivity index (χ1n) is 8.26. The number of amides is 2. The van der Waals surface area contributed by atoms with Crippen molar-refractivity contribution in [2.75, 3.05) is 19.9 Å². The van der Waals surface area contributed by atoms with Crippen molar-refractivity contribution in [2.24, 2.45) is 5.41 Å². The van der Waals surface area contributed by atoms with E-state index in [9.17, 15) is 9.59 Å². The van der Waals surface area contributed by atoms with Crippen molar-refractivity contribution in [1.82, 2.24) is 10.2 Å². The van der Waals surface area contributed by atoms with E-state index < -0.39 is 0 Å². The van der Waals surface area contributed by atoms with Crippen molar-refractivity contribution in [3.05, 3.63) is 23.8 Å². The highest BCUT2D eigenvalue weighted by molar-refractivity contribution is 5.83. The molecule has 2 heterocycles. The van der Waals surface area contributed by atoms with Crippen molar-refractivity contribution in [2.45, 2.75) is 39.7 Å². The van der Waals surface area contributed by atoms with E-state index >= 15 is 0 Å². The first kappa shape index (κ1) is 16.6. The fourth-order valence-electron chi connectivity index (χ4n) is 3.11. The number of carbonyl (C=O) groups excluding carboxylic acids is 2. The molecule has 0 aromatic heterocycles. The molecule has 0 saturated carbocycles. The van der Waals surface area contributed by atoms with Crippen molar-refractivity contribution in [3.8, 4) is 11.5 Å². The second kappa shape index (κ2) is 6.34. The van der Waals surface area contributed by atoms with Gasteiger partial charge in [0.15, 0.2) is 11.5 Å². The van der Waals surface area contributed by atoms with Gasteiger partial charge in [0.1, 0.15) is 0 Å². The number of ether oxygens (including phenoxy) is 2. The summed E-state index contributed by atoms with van der Waals surface area (Å²) in [5.41, 5.74) is 0.925. The van der Waals surface area contributed by atoms with Crippen LogP contribution in [-0.4, -0.2) is 42.6 Å². The second-order valence-electron chi connectivity index (χ2n) is 7.67. The van der Waals surface area contributed by atoms with Crippen LogP contribution in [0.1, 0.15) is 32.8 Å². The average Bonchev–Trinajstić information content (AvgIpc) is 3.04. The predicted molar refractivity (Wildman–Crippen MR) is 88.9 cm³/mol. The Morgan fingerprint density at radius 2 is 2.04 bits per heavy atom. The maximum Gasteiger partial charge on any atom is 0.231 e. The third-order valence-electron chi connectivity index (χ3n) is 4.05. The van der Waals surface area contributed by atoms with Gasteiger partial charge in [-0.1, -0.05) is 26.8 Å². The van der Waals surface area contributed by atoms with Gasteiger partial charge in [0.2, 0.25) is 18.6 Å². The van der Waals surface area contributed by atoms with Gasteiger partial charge in [0, 0.05) is 19.5 Å². The summed E-state index contributed by atoms with van der Waals surface area (Å²) < 4.78 is 10.6. The quantitative estimate of drug-likeness (QED) is 0.912. The Kier molecular flexibility index (Phi) is 4.39. The lowest BCUT2D eigenvalue weighted by molar-refractivity contribution is -0.128. The highest BCUT2D eigenvalue weighted by atomic mass is 16.7. The zero-order valence-electron chi connectivity index (χ0n) is 14.4. The number of nitrogens with zero attached hydrogens (tertiary/aromatic N) is 1. The Morgan fingerprint density at radius 1 is 1.29 bits per heavy atom. The molecule has 0 unspecified atom stereocenters. The lowest BCUT2D eigenvalue weighted by atomic mass is 9.96. The normalized spacial score (nSPS) is 19.7. The van der Waals surface area contributed by atoms with E-state index in [0.717, 1.165) is 5.56 Å². The van der Waals surface area contributed by atoms with Crippen LogP contribution in [0.3, 0.4) is 0 Å². The number of hydrogen-bond donors (Lipinski definition) is 1. The monoisotopic (exact) mass is 332 g/mol. The van der Waals surface area contributed by atoms with E-state index in [2.05, 4.69) is 26.1 Å². The molecular weight excluding hydrogens is 308 g/mol. The van der Waals surface area contributed by atoms with Gasteiger partial charge in [0.05, 0.1) is 12.5 Å². The average molecular weight is 332 g/mol. The number of fused-ring (bicyclic) bond motifs is 1. The first-order valence-corrected chi connectivity index (χ1v) is 8.26.